The van der Waals surface area contributed by atoms with Crippen molar-refractivity contribution in [1.82, 2.24) is 29.5 Å². The van der Waals surface area contributed by atoms with Gasteiger partial charge in [-0.15, -0.1) is 10.2 Å². The second kappa shape index (κ2) is 12.3. The summed E-state index contributed by atoms with van der Waals surface area (Å²) in [6, 6.07) is 25.9. The smallest absolute Gasteiger partial charge is 0.254 e. The van der Waals surface area contributed by atoms with Gasteiger partial charge in [-0.2, -0.15) is 0 Å². The number of aryl methyl sites for hydroxylation is 1. The number of nitrogens with zero attached hydrogens (tertiary/aromatic N) is 6. The van der Waals surface area contributed by atoms with Crippen LogP contribution in [0.1, 0.15) is 41.3 Å². The van der Waals surface area contributed by atoms with Crippen LogP contribution in [-0.4, -0.2) is 72.8 Å². The van der Waals surface area contributed by atoms with Crippen LogP contribution in [0.3, 0.4) is 0 Å². The van der Waals surface area contributed by atoms with Gasteiger partial charge in [0.05, 0.1) is 5.52 Å². The van der Waals surface area contributed by atoms with Gasteiger partial charge in [0.25, 0.3) is 5.91 Å². The SMILES string of the molecule is Cc1ccccc1Cn1c2ccccc2c2nnc(SCCCC(=O)N3CCN(C(=O)c4ccccc4)C(C)C3)nc21. The van der Waals surface area contributed by atoms with Crippen LogP contribution in [-0.2, 0) is 11.3 Å². The molecule has 1 saturated heterocycles. The summed E-state index contributed by atoms with van der Waals surface area (Å²) < 4.78 is 2.22. The molecule has 0 radical (unpaired) electrons. The summed E-state index contributed by atoms with van der Waals surface area (Å²) >= 11 is 1.53. The van der Waals surface area contributed by atoms with Gasteiger partial charge in [0.1, 0.15) is 5.52 Å². The highest BCUT2D eigenvalue weighted by molar-refractivity contribution is 7.99. The lowest BCUT2D eigenvalue weighted by atomic mass is 10.1. The van der Waals surface area contributed by atoms with Crippen LogP contribution < -0.4 is 0 Å². The van der Waals surface area contributed by atoms with Crippen molar-refractivity contribution < 1.29 is 9.59 Å². The first-order valence-corrected chi connectivity index (χ1v) is 15.4. The first-order chi connectivity index (χ1) is 20.5. The summed E-state index contributed by atoms with van der Waals surface area (Å²) in [6.07, 6.45) is 1.17. The standard InChI is InChI=1S/C33H34N6O2S/c1-23-11-6-7-14-26(23)22-39-28-16-9-8-15-27(28)30-31(39)34-33(36-35-30)42-20-10-17-29(40)37-18-19-38(24(2)21-37)32(41)25-12-4-3-5-13-25/h3-9,11-16,24H,10,17-22H2,1-2H3. The van der Waals surface area contributed by atoms with Crippen LogP contribution in [0.5, 0.6) is 0 Å². The third-order valence-corrected chi connectivity index (χ3v) is 8.90. The molecule has 6 rings (SSSR count). The van der Waals surface area contributed by atoms with Crippen molar-refractivity contribution in [2.24, 2.45) is 0 Å². The van der Waals surface area contributed by atoms with Gasteiger partial charge in [0.15, 0.2) is 5.65 Å². The monoisotopic (exact) mass is 578 g/mol. The predicted octanol–water partition coefficient (Wildman–Crippen LogP) is 5.58. The van der Waals surface area contributed by atoms with Crippen LogP contribution in [0, 0.1) is 6.92 Å². The molecule has 1 aliphatic rings. The molecule has 0 saturated carbocycles. The van der Waals surface area contributed by atoms with E-state index in [2.05, 4.69) is 58.1 Å². The summed E-state index contributed by atoms with van der Waals surface area (Å²) in [5.74, 6) is 0.871. The Balaban J connectivity index is 1.07. The van der Waals surface area contributed by atoms with Crippen molar-refractivity contribution in [2.45, 2.75) is 44.4 Å². The molecule has 1 atom stereocenters. The number of amides is 2. The number of hydrogen-bond donors (Lipinski definition) is 0. The minimum atomic E-state index is -0.0255. The minimum Gasteiger partial charge on any atom is -0.339 e. The number of benzene rings is 3. The molecule has 0 aliphatic carbocycles. The molecule has 9 heteroatoms. The Bertz CT molecular complexity index is 1740. The Morgan fingerprint density at radius 3 is 2.50 bits per heavy atom. The van der Waals surface area contributed by atoms with E-state index in [1.165, 1.54) is 22.9 Å². The topological polar surface area (TPSA) is 84.2 Å². The van der Waals surface area contributed by atoms with E-state index in [4.69, 9.17) is 4.98 Å². The fourth-order valence-corrected chi connectivity index (χ4v) is 6.37. The van der Waals surface area contributed by atoms with Gasteiger partial charge in [-0.05, 0) is 49.6 Å². The van der Waals surface area contributed by atoms with Crippen molar-refractivity contribution in [3.05, 3.63) is 95.6 Å². The Hall–Kier alpha value is -4.24. The highest BCUT2D eigenvalue weighted by Gasteiger charge is 2.30. The number of aromatic nitrogens is 4. The molecule has 1 unspecified atom stereocenters. The molecule has 1 aliphatic heterocycles. The maximum atomic E-state index is 13.0. The molecule has 0 bridgehead atoms. The Morgan fingerprint density at radius 2 is 1.69 bits per heavy atom. The number of thioether (sulfide) groups is 1. The Kier molecular flexibility index (Phi) is 8.19. The molecule has 42 heavy (non-hydrogen) atoms. The summed E-state index contributed by atoms with van der Waals surface area (Å²) in [6.45, 7) is 6.50. The summed E-state index contributed by atoms with van der Waals surface area (Å²) in [7, 11) is 0. The first kappa shape index (κ1) is 27.9. The van der Waals surface area contributed by atoms with Crippen LogP contribution in [0.4, 0.5) is 0 Å². The average Bonchev–Trinajstić information content (AvgIpc) is 3.33. The van der Waals surface area contributed by atoms with E-state index < -0.39 is 0 Å². The highest BCUT2D eigenvalue weighted by atomic mass is 32.2. The normalized spacial score (nSPS) is 15.4. The number of rotatable bonds is 8. The second-order valence-corrected chi connectivity index (χ2v) is 11.9. The summed E-state index contributed by atoms with van der Waals surface area (Å²) in [4.78, 5) is 34.6. The van der Waals surface area contributed by atoms with Crippen LogP contribution in [0.2, 0.25) is 0 Å². The zero-order valence-corrected chi connectivity index (χ0v) is 24.8. The van der Waals surface area contributed by atoms with Gasteiger partial charge >= 0.3 is 0 Å². The fraction of sp³-hybridized carbons (Fsp3) is 0.303. The molecule has 214 valence electrons. The van der Waals surface area contributed by atoms with Crippen molar-refractivity contribution in [3.63, 3.8) is 0 Å². The van der Waals surface area contributed by atoms with Crippen molar-refractivity contribution in [1.29, 1.82) is 0 Å². The maximum absolute atomic E-state index is 13.0. The lowest BCUT2D eigenvalue weighted by molar-refractivity contribution is -0.133. The second-order valence-electron chi connectivity index (χ2n) is 10.8. The van der Waals surface area contributed by atoms with E-state index in [1.54, 1.807) is 0 Å². The van der Waals surface area contributed by atoms with E-state index in [1.807, 2.05) is 59.2 Å². The van der Waals surface area contributed by atoms with Gasteiger partial charge in [-0.1, -0.05) is 72.4 Å². The minimum absolute atomic E-state index is 0.0233. The number of fused-ring (bicyclic) bond motifs is 3. The number of para-hydroxylation sites is 1. The van der Waals surface area contributed by atoms with Crippen LogP contribution >= 0.6 is 11.8 Å². The largest absolute Gasteiger partial charge is 0.339 e. The number of carbonyl (C=O) groups is 2. The molecule has 0 spiro atoms. The van der Waals surface area contributed by atoms with E-state index >= 15 is 0 Å². The average molecular weight is 579 g/mol. The molecule has 3 aromatic carbocycles. The first-order valence-electron chi connectivity index (χ1n) is 14.4. The van der Waals surface area contributed by atoms with Crippen molar-refractivity contribution in [3.8, 4) is 0 Å². The van der Waals surface area contributed by atoms with Gasteiger partial charge in [-0.25, -0.2) is 4.98 Å². The molecule has 5 aromatic rings. The van der Waals surface area contributed by atoms with Gasteiger partial charge in [0, 0.05) is 55.3 Å². The molecule has 2 aromatic heterocycles. The van der Waals surface area contributed by atoms with Gasteiger partial charge < -0.3 is 14.4 Å². The van der Waals surface area contributed by atoms with E-state index in [0.29, 0.717) is 49.7 Å². The predicted molar refractivity (Wildman–Crippen MR) is 167 cm³/mol. The maximum Gasteiger partial charge on any atom is 0.254 e. The molecule has 8 nitrogen and oxygen atoms in total. The lowest BCUT2D eigenvalue weighted by Gasteiger charge is -2.40. The van der Waals surface area contributed by atoms with E-state index in [-0.39, 0.29) is 17.9 Å². The highest BCUT2D eigenvalue weighted by Crippen LogP contribution is 2.29. The quantitative estimate of drug-likeness (QED) is 0.177. The van der Waals surface area contributed by atoms with E-state index in [0.717, 1.165) is 27.8 Å². The fourth-order valence-electron chi connectivity index (χ4n) is 5.65. The third kappa shape index (κ3) is 5.74. The number of carbonyl (C=O) groups excluding carboxylic acids is 2. The molecule has 2 amide bonds. The Labute approximate surface area is 249 Å². The number of piperazine rings is 1. The molecular formula is C33H34N6O2S. The summed E-state index contributed by atoms with van der Waals surface area (Å²) in [5, 5.41) is 10.6. The molecule has 3 heterocycles. The van der Waals surface area contributed by atoms with E-state index in [9.17, 15) is 9.59 Å². The zero-order valence-electron chi connectivity index (χ0n) is 23.9. The molecule has 1 fully saturated rings. The summed E-state index contributed by atoms with van der Waals surface area (Å²) in [5.41, 5.74) is 5.88. The van der Waals surface area contributed by atoms with Crippen LogP contribution in [0.15, 0.2) is 84.0 Å². The van der Waals surface area contributed by atoms with Gasteiger partial charge in [-0.3, -0.25) is 9.59 Å². The third-order valence-electron chi connectivity index (χ3n) is 7.97. The van der Waals surface area contributed by atoms with Crippen LogP contribution in [0.25, 0.3) is 22.1 Å². The molecular weight excluding hydrogens is 544 g/mol. The van der Waals surface area contributed by atoms with Crippen molar-refractivity contribution >= 4 is 45.6 Å². The van der Waals surface area contributed by atoms with Crippen molar-refractivity contribution in [2.75, 3.05) is 25.4 Å². The zero-order chi connectivity index (χ0) is 29.1. The molecule has 0 N–H and O–H groups in total. The Morgan fingerprint density at radius 1 is 0.929 bits per heavy atom. The lowest BCUT2D eigenvalue weighted by Crippen LogP contribution is -2.55. The van der Waals surface area contributed by atoms with Gasteiger partial charge in [0.2, 0.25) is 11.1 Å². The number of hydrogen-bond acceptors (Lipinski definition) is 6.